The molecule has 2 aliphatic carbocycles. The van der Waals surface area contributed by atoms with Gasteiger partial charge in [-0.15, -0.1) is 0 Å². The molecule has 24 heavy (non-hydrogen) atoms. The molecule has 2 saturated heterocycles. The molecule has 2 unspecified atom stereocenters. The van der Waals surface area contributed by atoms with Gasteiger partial charge in [-0.1, -0.05) is 6.07 Å². The first-order valence-corrected chi connectivity index (χ1v) is 9.16. The van der Waals surface area contributed by atoms with E-state index in [2.05, 4.69) is 18.0 Å². The molecule has 3 heterocycles. The van der Waals surface area contributed by atoms with Crippen LogP contribution >= 0.6 is 0 Å². The highest BCUT2D eigenvalue weighted by Crippen LogP contribution is 2.66. The average Bonchev–Trinajstić information content (AvgIpc) is 3.18. The lowest BCUT2D eigenvalue weighted by molar-refractivity contribution is -0.260. The summed E-state index contributed by atoms with van der Waals surface area (Å²) in [6, 6.07) is 4.44. The first-order valence-electron chi connectivity index (χ1n) is 9.16. The monoisotopic (exact) mass is 329 g/mol. The molecular weight excluding hydrogens is 306 g/mol. The number of hydrogen-bond acceptors (Lipinski definition) is 5. The van der Waals surface area contributed by atoms with E-state index in [-0.39, 0.29) is 17.3 Å². The maximum absolute atomic E-state index is 10.5. The zero-order valence-electron chi connectivity index (χ0n) is 14.0. The van der Waals surface area contributed by atoms with Gasteiger partial charge in [-0.3, -0.25) is 0 Å². The maximum atomic E-state index is 10.5. The van der Waals surface area contributed by atoms with Gasteiger partial charge in [0, 0.05) is 23.4 Å². The van der Waals surface area contributed by atoms with Gasteiger partial charge >= 0.3 is 0 Å². The number of hydrogen-bond donors (Lipinski definition) is 1. The number of piperidine rings is 1. The summed E-state index contributed by atoms with van der Waals surface area (Å²) >= 11 is 0. The van der Waals surface area contributed by atoms with Crippen LogP contribution in [0.5, 0.6) is 11.5 Å². The van der Waals surface area contributed by atoms with Crippen molar-refractivity contribution in [2.24, 2.45) is 5.92 Å². The second-order valence-corrected chi connectivity index (χ2v) is 8.14. The summed E-state index contributed by atoms with van der Waals surface area (Å²) in [4.78, 5) is 2.52. The Bertz CT molecular complexity index is 728. The molecule has 0 amide bonds. The molecule has 1 aromatic carbocycles. The fourth-order valence-corrected chi connectivity index (χ4v) is 6.47. The second-order valence-electron chi connectivity index (χ2n) is 8.14. The number of nitrogens with zero attached hydrogens (tertiary/aromatic N) is 1. The van der Waals surface area contributed by atoms with Gasteiger partial charge in [-0.25, -0.2) is 0 Å². The third-order valence-corrected chi connectivity index (χ3v) is 7.37. The lowest BCUT2D eigenvalue weighted by Gasteiger charge is -2.60. The number of benzene rings is 1. The van der Waals surface area contributed by atoms with Crippen molar-refractivity contribution in [3.63, 3.8) is 0 Å². The molecular formula is C19H23NO4. The number of likely N-dealkylation sites (tertiary alicyclic amines) is 1. The minimum Gasteiger partial charge on any atom is -0.504 e. The standard InChI is InChI=1S/C19H23NO4/c1-20-7-6-18-12-4-5-19(22-8-9-23-19)17(18)24-16-14(21)3-2-11(15(16)18)10-13(12)20/h2-3,12-13,17,21H,4-10H2,1H3/t12?,13-,17?,18+/m1/s1. The molecule has 3 aliphatic heterocycles. The van der Waals surface area contributed by atoms with E-state index in [0.29, 0.717) is 30.9 Å². The SMILES string of the molecule is CN1CC[C@]23c4c5ccc(O)c4OC2C2(CCC3[C@H]1C5)OCCO2. The Morgan fingerprint density at radius 1 is 1.21 bits per heavy atom. The van der Waals surface area contributed by atoms with Crippen molar-refractivity contribution in [2.75, 3.05) is 26.8 Å². The van der Waals surface area contributed by atoms with Gasteiger partial charge in [-0.2, -0.15) is 0 Å². The quantitative estimate of drug-likeness (QED) is 0.787. The number of aromatic hydroxyl groups is 1. The Morgan fingerprint density at radius 2 is 2.04 bits per heavy atom. The summed E-state index contributed by atoms with van der Waals surface area (Å²) in [5, 5.41) is 10.5. The highest BCUT2D eigenvalue weighted by molar-refractivity contribution is 5.61. The first-order chi connectivity index (χ1) is 11.7. The van der Waals surface area contributed by atoms with Gasteiger partial charge < -0.3 is 24.2 Å². The Hall–Kier alpha value is -1.30. The number of ether oxygens (including phenoxy) is 3. The average molecular weight is 329 g/mol. The maximum Gasteiger partial charge on any atom is 0.206 e. The second kappa shape index (κ2) is 4.26. The van der Waals surface area contributed by atoms with Crippen molar-refractivity contribution >= 4 is 0 Å². The lowest BCUT2D eigenvalue weighted by atomic mass is 9.50. The van der Waals surface area contributed by atoms with Crippen LogP contribution in [-0.2, 0) is 21.3 Å². The van der Waals surface area contributed by atoms with Gasteiger partial charge in [0.2, 0.25) is 5.79 Å². The number of phenolic OH excluding ortho intramolecular Hbond substituents is 1. The van der Waals surface area contributed by atoms with Crippen LogP contribution in [0, 0.1) is 5.92 Å². The first kappa shape index (κ1) is 13.9. The summed E-state index contributed by atoms with van der Waals surface area (Å²) in [6.45, 7) is 2.34. The molecule has 2 bridgehead atoms. The van der Waals surface area contributed by atoms with Crippen molar-refractivity contribution in [1.29, 1.82) is 0 Å². The molecule has 0 radical (unpaired) electrons. The van der Waals surface area contributed by atoms with E-state index in [0.717, 1.165) is 32.2 Å². The highest BCUT2D eigenvalue weighted by Gasteiger charge is 2.71. The minimum atomic E-state index is -0.628. The van der Waals surface area contributed by atoms with Crippen molar-refractivity contribution < 1.29 is 19.3 Å². The fourth-order valence-electron chi connectivity index (χ4n) is 6.47. The molecule has 3 fully saturated rings. The Kier molecular flexibility index (Phi) is 2.47. The van der Waals surface area contributed by atoms with Crippen LogP contribution in [-0.4, -0.2) is 54.7 Å². The summed E-state index contributed by atoms with van der Waals surface area (Å²) in [5.41, 5.74) is 2.54. The fraction of sp³-hybridized carbons (Fsp3) is 0.684. The van der Waals surface area contributed by atoms with Gasteiger partial charge in [0.05, 0.1) is 13.2 Å². The summed E-state index contributed by atoms with van der Waals surface area (Å²) < 4.78 is 18.8. The predicted molar refractivity (Wildman–Crippen MR) is 86.3 cm³/mol. The summed E-state index contributed by atoms with van der Waals surface area (Å²) in [6.07, 6.45) is 3.95. The highest BCUT2D eigenvalue weighted by atomic mass is 16.8. The van der Waals surface area contributed by atoms with Crippen LogP contribution in [0.3, 0.4) is 0 Å². The third-order valence-electron chi connectivity index (χ3n) is 7.37. The van der Waals surface area contributed by atoms with Crippen molar-refractivity contribution in [3.05, 3.63) is 23.3 Å². The molecule has 1 N–H and O–H groups in total. The molecule has 5 nitrogen and oxygen atoms in total. The van der Waals surface area contributed by atoms with E-state index in [1.807, 2.05) is 0 Å². The molecule has 128 valence electrons. The minimum absolute atomic E-state index is 0.0680. The molecule has 2 spiro atoms. The molecule has 6 rings (SSSR count). The van der Waals surface area contributed by atoms with E-state index in [4.69, 9.17) is 14.2 Å². The summed E-state index contributed by atoms with van der Waals surface area (Å²) in [5.74, 6) is 0.889. The van der Waals surface area contributed by atoms with Crippen LogP contribution in [0.4, 0.5) is 0 Å². The Balaban J connectivity index is 1.63. The van der Waals surface area contributed by atoms with Crippen LogP contribution < -0.4 is 4.74 Å². The smallest absolute Gasteiger partial charge is 0.206 e. The molecule has 5 heteroatoms. The predicted octanol–water partition coefficient (Wildman–Crippen LogP) is 1.80. The molecule has 1 aromatic rings. The molecule has 5 aliphatic rings. The van der Waals surface area contributed by atoms with Crippen LogP contribution in [0.1, 0.15) is 30.4 Å². The van der Waals surface area contributed by atoms with Crippen LogP contribution in [0.2, 0.25) is 0 Å². The van der Waals surface area contributed by atoms with Crippen molar-refractivity contribution in [1.82, 2.24) is 4.90 Å². The van der Waals surface area contributed by atoms with Crippen molar-refractivity contribution in [2.45, 2.75) is 49.0 Å². The van der Waals surface area contributed by atoms with Crippen LogP contribution in [0.15, 0.2) is 12.1 Å². The normalized spacial score (nSPS) is 41.3. The largest absolute Gasteiger partial charge is 0.504 e. The number of fused-ring (bicyclic) bond motifs is 1. The Labute approximate surface area is 141 Å². The third kappa shape index (κ3) is 1.37. The summed E-state index contributed by atoms with van der Waals surface area (Å²) in [7, 11) is 2.25. The molecule has 0 aromatic heterocycles. The van der Waals surface area contributed by atoms with E-state index in [1.165, 1.54) is 11.1 Å². The number of phenols is 1. The van der Waals surface area contributed by atoms with E-state index in [9.17, 15) is 5.11 Å². The van der Waals surface area contributed by atoms with Crippen LogP contribution in [0.25, 0.3) is 0 Å². The number of likely N-dealkylation sites (N-methyl/N-ethyl adjacent to an activating group) is 1. The van der Waals surface area contributed by atoms with Gasteiger partial charge in [0.15, 0.2) is 17.6 Å². The number of rotatable bonds is 0. The molecule has 1 saturated carbocycles. The zero-order valence-corrected chi connectivity index (χ0v) is 14.0. The van der Waals surface area contributed by atoms with Gasteiger partial charge in [-0.05, 0) is 50.4 Å². The lowest BCUT2D eigenvalue weighted by Crippen LogP contribution is -2.69. The Morgan fingerprint density at radius 3 is 2.88 bits per heavy atom. The van der Waals surface area contributed by atoms with E-state index >= 15 is 0 Å². The van der Waals surface area contributed by atoms with Crippen molar-refractivity contribution in [3.8, 4) is 11.5 Å². The van der Waals surface area contributed by atoms with E-state index < -0.39 is 5.79 Å². The van der Waals surface area contributed by atoms with Gasteiger partial charge in [0.1, 0.15) is 0 Å². The van der Waals surface area contributed by atoms with E-state index in [1.54, 1.807) is 6.07 Å². The molecule has 4 atom stereocenters. The van der Waals surface area contributed by atoms with Gasteiger partial charge in [0.25, 0.3) is 0 Å². The zero-order chi connectivity index (χ0) is 16.1. The topological polar surface area (TPSA) is 51.2 Å².